The minimum Gasteiger partial charge on any atom is -0.462 e. The number of carbonyl (C=O) groups excluding carboxylic acids is 2. The molecule has 6 nitrogen and oxygen atoms in total. The van der Waals surface area contributed by atoms with E-state index < -0.39 is 0 Å². The summed E-state index contributed by atoms with van der Waals surface area (Å²) >= 11 is 0. The van der Waals surface area contributed by atoms with Crippen molar-refractivity contribution in [2.24, 2.45) is 0 Å². The maximum atomic E-state index is 11.7. The fourth-order valence-electron chi connectivity index (χ4n) is 2.02. The van der Waals surface area contributed by atoms with Gasteiger partial charge in [-0.2, -0.15) is 0 Å². The minimum atomic E-state index is -0.348. The molecule has 0 aliphatic rings. The van der Waals surface area contributed by atoms with Gasteiger partial charge in [-0.05, 0) is 31.5 Å². The average molecular weight is 287 g/mol. The number of ether oxygens (including phenoxy) is 1. The zero-order valence-corrected chi connectivity index (χ0v) is 12.3. The number of hydrogen-bond donors (Lipinski definition) is 0. The van der Waals surface area contributed by atoms with E-state index in [0.717, 1.165) is 5.56 Å². The predicted octanol–water partition coefficient (Wildman–Crippen LogP) is 2.01. The van der Waals surface area contributed by atoms with Crippen molar-refractivity contribution in [1.29, 1.82) is 0 Å². The number of ketones is 1. The van der Waals surface area contributed by atoms with Crippen molar-refractivity contribution < 1.29 is 14.3 Å². The van der Waals surface area contributed by atoms with Crippen molar-refractivity contribution in [1.82, 2.24) is 15.0 Å². The lowest BCUT2D eigenvalue weighted by Crippen LogP contribution is -2.08. The third kappa shape index (κ3) is 3.34. The Morgan fingerprint density at radius 3 is 2.71 bits per heavy atom. The summed E-state index contributed by atoms with van der Waals surface area (Å²) in [6, 6.07) is 7.14. The predicted molar refractivity (Wildman–Crippen MR) is 76.3 cm³/mol. The molecule has 2 rings (SSSR count). The third-order valence-corrected chi connectivity index (χ3v) is 3.09. The van der Waals surface area contributed by atoms with Crippen LogP contribution in [0.3, 0.4) is 0 Å². The fraction of sp³-hybridized carbons (Fsp3) is 0.333. The van der Waals surface area contributed by atoms with E-state index in [4.69, 9.17) is 4.74 Å². The molecule has 0 unspecified atom stereocenters. The molecule has 21 heavy (non-hydrogen) atoms. The lowest BCUT2D eigenvalue weighted by molar-refractivity contribution is 0.0526. The summed E-state index contributed by atoms with van der Waals surface area (Å²) in [5.74, 6) is -0.460. The van der Waals surface area contributed by atoms with Crippen molar-refractivity contribution in [3.63, 3.8) is 0 Å². The number of benzene rings is 1. The van der Waals surface area contributed by atoms with Crippen LogP contribution in [-0.4, -0.2) is 33.4 Å². The highest BCUT2D eigenvalue weighted by molar-refractivity contribution is 5.93. The van der Waals surface area contributed by atoms with Gasteiger partial charge in [0.05, 0.1) is 24.4 Å². The maximum Gasteiger partial charge on any atom is 0.338 e. The van der Waals surface area contributed by atoms with Gasteiger partial charge < -0.3 is 4.74 Å². The summed E-state index contributed by atoms with van der Waals surface area (Å²) in [7, 11) is 0. The number of esters is 1. The first-order chi connectivity index (χ1) is 10.0. The lowest BCUT2D eigenvalue weighted by Gasteiger charge is -2.06. The zero-order chi connectivity index (χ0) is 15.4. The lowest BCUT2D eigenvalue weighted by atomic mass is 10.1. The SMILES string of the molecule is CCOC(=O)c1cccc(Cn2nnc(C(C)=O)c2C)c1. The maximum absolute atomic E-state index is 11.7. The number of rotatable bonds is 5. The van der Waals surface area contributed by atoms with Crippen LogP contribution in [0.5, 0.6) is 0 Å². The molecule has 0 saturated heterocycles. The number of nitrogens with zero attached hydrogens (tertiary/aromatic N) is 3. The molecular weight excluding hydrogens is 270 g/mol. The highest BCUT2D eigenvalue weighted by Gasteiger charge is 2.13. The highest BCUT2D eigenvalue weighted by Crippen LogP contribution is 2.11. The molecule has 0 radical (unpaired) electrons. The minimum absolute atomic E-state index is 0.112. The average Bonchev–Trinajstić information content (AvgIpc) is 2.81. The molecule has 0 fully saturated rings. The molecule has 0 N–H and O–H groups in total. The van der Waals surface area contributed by atoms with Gasteiger partial charge in [-0.1, -0.05) is 17.3 Å². The van der Waals surface area contributed by atoms with Gasteiger partial charge in [-0.3, -0.25) is 4.79 Å². The molecule has 1 heterocycles. The molecule has 6 heteroatoms. The Hall–Kier alpha value is -2.50. The van der Waals surface area contributed by atoms with Crippen molar-refractivity contribution >= 4 is 11.8 Å². The van der Waals surface area contributed by atoms with Crippen molar-refractivity contribution in [2.45, 2.75) is 27.3 Å². The Kier molecular flexibility index (Phi) is 4.47. The van der Waals surface area contributed by atoms with Gasteiger partial charge in [0.1, 0.15) is 0 Å². The molecule has 2 aromatic rings. The van der Waals surface area contributed by atoms with Gasteiger partial charge in [0.15, 0.2) is 11.5 Å². The van der Waals surface area contributed by atoms with E-state index in [0.29, 0.717) is 30.1 Å². The molecule has 0 saturated carbocycles. The summed E-state index contributed by atoms with van der Waals surface area (Å²) in [5, 5.41) is 7.84. The first-order valence-electron chi connectivity index (χ1n) is 6.70. The Morgan fingerprint density at radius 2 is 2.10 bits per heavy atom. The highest BCUT2D eigenvalue weighted by atomic mass is 16.5. The van der Waals surface area contributed by atoms with Crippen LogP contribution >= 0.6 is 0 Å². The quantitative estimate of drug-likeness (QED) is 0.621. The molecule has 0 aliphatic carbocycles. The number of hydrogen-bond acceptors (Lipinski definition) is 5. The normalized spacial score (nSPS) is 10.4. The Bertz CT molecular complexity index is 677. The van der Waals surface area contributed by atoms with Gasteiger partial charge in [0.25, 0.3) is 0 Å². The monoisotopic (exact) mass is 287 g/mol. The van der Waals surface area contributed by atoms with E-state index in [1.807, 2.05) is 6.07 Å². The van der Waals surface area contributed by atoms with Crippen LogP contribution in [0.25, 0.3) is 0 Å². The summed E-state index contributed by atoms with van der Waals surface area (Å²) in [4.78, 5) is 23.1. The number of Topliss-reactive ketones (excluding diaryl/α,β-unsaturated/α-hetero) is 1. The van der Waals surface area contributed by atoms with Gasteiger partial charge in [0.2, 0.25) is 0 Å². The second kappa shape index (κ2) is 6.30. The van der Waals surface area contributed by atoms with Crippen molar-refractivity contribution in [2.75, 3.05) is 6.61 Å². The summed E-state index contributed by atoms with van der Waals surface area (Å²) in [6.07, 6.45) is 0. The molecule has 1 aromatic heterocycles. The second-order valence-electron chi connectivity index (χ2n) is 4.66. The van der Waals surface area contributed by atoms with Crippen LogP contribution in [0, 0.1) is 6.92 Å². The van der Waals surface area contributed by atoms with Crippen LogP contribution in [0.1, 0.15) is 46.0 Å². The van der Waals surface area contributed by atoms with Gasteiger partial charge >= 0.3 is 5.97 Å². The molecular formula is C15H17N3O3. The largest absolute Gasteiger partial charge is 0.462 e. The summed E-state index contributed by atoms with van der Waals surface area (Å²) in [5.41, 5.74) is 2.48. The van der Waals surface area contributed by atoms with E-state index >= 15 is 0 Å². The van der Waals surface area contributed by atoms with E-state index in [-0.39, 0.29) is 11.8 Å². The first-order valence-corrected chi connectivity index (χ1v) is 6.70. The van der Waals surface area contributed by atoms with E-state index in [9.17, 15) is 9.59 Å². The summed E-state index contributed by atoms with van der Waals surface area (Å²) in [6.45, 7) is 5.81. The van der Waals surface area contributed by atoms with Crippen LogP contribution in [0.15, 0.2) is 24.3 Å². The van der Waals surface area contributed by atoms with E-state index in [1.165, 1.54) is 6.92 Å². The third-order valence-electron chi connectivity index (χ3n) is 3.09. The molecule has 110 valence electrons. The van der Waals surface area contributed by atoms with Crippen molar-refractivity contribution in [3.8, 4) is 0 Å². The molecule has 0 bridgehead atoms. The van der Waals surface area contributed by atoms with Crippen LogP contribution in [0.4, 0.5) is 0 Å². The number of carbonyl (C=O) groups is 2. The molecule has 0 aliphatic heterocycles. The smallest absolute Gasteiger partial charge is 0.338 e. The Balaban J connectivity index is 2.22. The van der Waals surface area contributed by atoms with Gasteiger partial charge in [-0.15, -0.1) is 5.10 Å². The van der Waals surface area contributed by atoms with Crippen LogP contribution in [0.2, 0.25) is 0 Å². The van der Waals surface area contributed by atoms with Crippen molar-refractivity contribution in [3.05, 3.63) is 46.8 Å². The number of aromatic nitrogens is 3. The zero-order valence-electron chi connectivity index (χ0n) is 12.3. The molecule has 1 aromatic carbocycles. The Labute approximate surface area is 122 Å². The molecule has 0 spiro atoms. The van der Waals surface area contributed by atoms with Gasteiger partial charge in [-0.25, -0.2) is 9.48 Å². The fourth-order valence-corrected chi connectivity index (χ4v) is 2.02. The topological polar surface area (TPSA) is 74.1 Å². The first kappa shape index (κ1) is 14.9. The second-order valence-corrected chi connectivity index (χ2v) is 4.66. The Morgan fingerprint density at radius 1 is 1.33 bits per heavy atom. The molecule has 0 amide bonds. The van der Waals surface area contributed by atoms with Crippen LogP contribution < -0.4 is 0 Å². The van der Waals surface area contributed by atoms with Gasteiger partial charge in [0, 0.05) is 6.92 Å². The molecule has 0 atom stereocenters. The standard InChI is InChI=1S/C15H17N3O3/c1-4-21-15(20)13-7-5-6-12(8-13)9-18-10(2)14(11(3)19)16-17-18/h5-8H,4,9H2,1-3H3. The van der Waals surface area contributed by atoms with E-state index in [2.05, 4.69) is 10.3 Å². The van der Waals surface area contributed by atoms with Crippen LogP contribution in [-0.2, 0) is 11.3 Å². The summed E-state index contributed by atoms with van der Waals surface area (Å²) < 4.78 is 6.61. The van der Waals surface area contributed by atoms with E-state index in [1.54, 1.807) is 36.7 Å².